The number of anilines is 1. The third-order valence-electron chi connectivity index (χ3n) is 5.87. The highest BCUT2D eigenvalue weighted by atomic mass is 16.2. The van der Waals surface area contributed by atoms with Crippen LogP contribution >= 0.6 is 0 Å². The van der Waals surface area contributed by atoms with E-state index in [-0.39, 0.29) is 18.1 Å². The van der Waals surface area contributed by atoms with E-state index >= 15 is 0 Å². The van der Waals surface area contributed by atoms with Crippen LogP contribution in [0, 0.1) is 20.8 Å². The summed E-state index contributed by atoms with van der Waals surface area (Å²) in [6.07, 6.45) is 1.16. The quantitative estimate of drug-likeness (QED) is 0.698. The molecule has 1 aromatic heterocycles. The van der Waals surface area contributed by atoms with Gasteiger partial charge in [0.05, 0.1) is 17.8 Å². The summed E-state index contributed by atoms with van der Waals surface area (Å²) in [6.45, 7) is 6.85. The number of carbonyl (C=O) groups is 1. The van der Waals surface area contributed by atoms with Gasteiger partial charge >= 0.3 is 6.03 Å². The standard InChI is InChI=1S/C24H26N4O2/c1-15-8-6-10-20(17(15)3)26-24(30)28-12-11-21-19(14-28)23(29)27-22(25-21)13-18-9-5-4-7-16(18)2/h4-10H,11-14H2,1-3H3,(H,26,30)(H,25,27,29). The zero-order valence-corrected chi connectivity index (χ0v) is 17.6. The smallest absolute Gasteiger partial charge is 0.320 e. The number of H-pyrrole nitrogens is 1. The van der Waals surface area contributed by atoms with Crippen LogP contribution in [-0.2, 0) is 19.4 Å². The first-order valence-electron chi connectivity index (χ1n) is 10.2. The third kappa shape index (κ3) is 3.99. The number of aryl methyl sites for hydroxylation is 2. The zero-order chi connectivity index (χ0) is 21.3. The third-order valence-corrected chi connectivity index (χ3v) is 5.87. The molecule has 0 aliphatic carbocycles. The van der Waals surface area contributed by atoms with Gasteiger partial charge in [0.15, 0.2) is 0 Å². The van der Waals surface area contributed by atoms with Crippen molar-refractivity contribution in [2.24, 2.45) is 0 Å². The average Bonchev–Trinajstić information content (AvgIpc) is 2.73. The molecule has 3 aromatic rings. The fraction of sp³-hybridized carbons (Fsp3) is 0.292. The van der Waals surface area contributed by atoms with Crippen LogP contribution in [0.4, 0.5) is 10.5 Å². The van der Waals surface area contributed by atoms with Crippen LogP contribution in [0.15, 0.2) is 47.3 Å². The van der Waals surface area contributed by atoms with Crippen molar-refractivity contribution in [3.05, 3.63) is 92.2 Å². The van der Waals surface area contributed by atoms with Crippen LogP contribution in [0.5, 0.6) is 0 Å². The number of rotatable bonds is 3. The maximum Gasteiger partial charge on any atom is 0.322 e. The molecule has 0 spiro atoms. The molecule has 2 heterocycles. The lowest BCUT2D eigenvalue weighted by atomic mass is 10.0. The predicted octanol–water partition coefficient (Wildman–Crippen LogP) is 3.88. The number of aromatic amines is 1. The van der Waals surface area contributed by atoms with Crippen molar-refractivity contribution in [2.45, 2.75) is 40.2 Å². The number of aromatic nitrogens is 2. The van der Waals surface area contributed by atoms with Crippen molar-refractivity contribution >= 4 is 11.7 Å². The van der Waals surface area contributed by atoms with Crippen molar-refractivity contribution in [1.82, 2.24) is 14.9 Å². The van der Waals surface area contributed by atoms with Gasteiger partial charge in [0.2, 0.25) is 0 Å². The van der Waals surface area contributed by atoms with Crippen LogP contribution in [-0.4, -0.2) is 27.4 Å². The van der Waals surface area contributed by atoms with Crippen molar-refractivity contribution in [1.29, 1.82) is 0 Å². The fourth-order valence-corrected chi connectivity index (χ4v) is 3.80. The Labute approximate surface area is 176 Å². The summed E-state index contributed by atoms with van der Waals surface area (Å²) in [4.78, 5) is 34.8. The van der Waals surface area contributed by atoms with E-state index in [2.05, 4.69) is 23.3 Å². The Morgan fingerprint density at radius 2 is 1.87 bits per heavy atom. The average molecular weight is 402 g/mol. The molecule has 0 saturated carbocycles. The first-order valence-corrected chi connectivity index (χ1v) is 10.2. The number of nitrogens with one attached hydrogen (secondary N) is 2. The van der Waals surface area contributed by atoms with E-state index in [4.69, 9.17) is 4.98 Å². The highest BCUT2D eigenvalue weighted by Gasteiger charge is 2.25. The van der Waals surface area contributed by atoms with E-state index in [0.717, 1.165) is 28.1 Å². The number of carbonyl (C=O) groups excluding carboxylic acids is 1. The maximum absolute atomic E-state index is 12.8. The van der Waals surface area contributed by atoms with Gasteiger partial charge < -0.3 is 15.2 Å². The van der Waals surface area contributed by atoms with Crippen LogP contribution in [0.25, 0.3) is 0 Å². The molecule has 0 unspecified atom stereocenters. The second kappa shape index (κ2) is 8.14. The van der Waals surface area contributed by atoms with Gasteiger partial charge in [0.1, 0.15) is 5.82 Å². The molecule has 0 bridgehead atoms. The van der Waals surface area contributed by atoms with Gasteiger partial charge in [-0.05, 0) is 49.1 Å². The lowest BCUT2D eigenvalue weighted by molar-refractivity contribution is 0.205. The largest absolute Gasteiger partial charge is 0.322 e. The summed E-state index contributed by atoms with van der Waals surface area (Å²) >= 11 is 0. The number of hydrogen-bond acceptors (Lipinski definition) is 3. The Hall–Kier alpha value is -3.41. The van der Waals surface area contributed by atoms with E-state index in [1.807, 2.05) is 50.2 Å². The van der Waals surface area contributed by atoms with E-state index in [1.165, 1.54) is 5.56 Å². The number of urea groups is 1. The Kier molecular flexibility index (Phi) is 5.40. The van der Waals surface area contributed by atoms with Gasteiger partial charge in [-0.3, -0.25) is 4.79 Å². The second-order valence-electron chi connectivity index (χ2n) is 7.89. The van der Waals surface area contributed by atoms with Crippen LogP contribution < -0.4 is 10.9 Å². The number of hydrogen-bond donors (Lipinski definition) is 2. The SMILES string of the molecule is Cc1ccccc1Cc1nc2c(c(=O)[nH]1)CN(C(=O)Nc1cccc(C)c1C)CC2. The molecule has 0 atom stereocenters. The molecule has 0 saturated heterocycles. The first-order chi connectivity index (χ1) is 14.4. The number of nitrogens with zero attached hydrogens (tertiary/aromatic N) is 2. The van der Waals surface area contributed by atoms with E-state index in [1.54, 1.807) is 4.90 Å². The topological polar surface area (TPSA) is 78.1 Å². The van der Waals surface area contributed by atoms with Crippen LogP contribution in [0.1, 0.15) is 39.3 Å². The highest BCUT2D eigenvalue weighted by Crippen LogP contribution is 2.21. The molecule has 4 rings (SSSR count). The minimum absolute atomic E-state index is 0.159. The molecule has 154 valence electrons. The lowest BCUT2D eigenvalue weighted by Gasteiger charge is -2.28. The highest BCUT2D eigenvalue weighted by molar-refractivity contribution is 5.90. The summed E-state index contributed by atoms with van der Waals surface area (Å²) in [5.74, 6) is 0.668. The van der Waals surface area contributed by atoms with Crippen LogP contribution in [0.3, 0.4) is 0 Å². The van der Waals surface area contributed by atoms with Gasteiger partial charge in [0, 0.05) is 25.1 Å². The van der Waals surface area contributed by atoms with Gasteiger partial charge in [-0.25, -0.2) is 9.78 Å². The number of amides is 2. The molecular weight excluding hydrogens is 376 g/mol. The molecular formula is C24H26N4O2. The van der Waals surface area contributed by atoms with Gasteiger partial charge in [-0.1, -0.05) is 36.4 Å². The van der Waals surface area contributed by atoms with Crippen molar-refractivity contribution in [3.8, 4) is 0 Å². The van der Waals surface area contributed by atoms with E-state index in [0.29, 0.717) is 30.8 Å². The molecule has 2 amide bonds. The molecule has 6 nitrogen and oxygen atoms in total. The van der Waals surface area contributed by atoms with Gasteiger partial charge in [-0.2, -0.15) is 0 Å². The summed E-state index contributed by atoms with van der Waals surface area (Å²) in [5.41, 5.74) is 6.49. The Morgan fingerprint density at radius 3 is 2.67 bits per heavy atom. The molecule has 0 fully saturated rings. The normalized spacial score (nSPS) is 13.1. The first kappa shape index (κ1) is 19.9. The molecule has 2 aromatic carbocycles. The second-order valence-corrected chi connectivity index (χ2v) is 7.89. The number of benzene rings is 2. The zero-order valence-electron chi connectivity index (χ0n) is 17.6. The summed E-state index contributed by atoms with van der Waals surface area (Å²) < 4.78 is 0. The molecule has 1 aliphatic rings. The van der Waals surface area contributed by atoms with E-state index in [9.17, 15) is 9.59 Å². The van der Waals surface area contributed by atoms with Gasteiger partial charge in [0.25, 0.3) is 5.56 Å². The van der Waals surface area contributed by atoms with Crippen molar-refractivity contribution < 1.29 is 4.79 Å². The summed E-state index contributed by atoms with van der Waals surface area (Å²) in [7, 11) is 0. The van der Waals surface area contributed by atoms with Gasteiger partial charge in [-0.15, -0.1) is 0 Å². The Balaban J connectivity index is 1.51. The Morgan fingerprint density at radius 1 is 1.10 bits per heavy atom. The lowest BCUT2D eigenvalue weighted by Crippen LogP contribution is -2.42. The molecule has 2 N–H and O–H groups in total. The van der Waals surface area contributed by atoms with Crippen molar-refractivity contribution in [3.63, 3.8) is 0 Å². The predicted molar refractivity (Wildman–Crippen MR) is 118 cm³/mol. The minimum atomic E-state index is -0.197. The van der Waals surface area contributed by atoms with E-state index < -0.39 is 0 Å². The monoisotopic (exact) mass is 402 g/mol. The molecule has 30 heavy (non-hydrogen) atoms. The Bertz CT molecular complexity index is 1170. The molecule has 0 radical (unpaired) electrons. The van der Waals surface area contributed by atoms with Crippen molar-refractivity contribution in [2.75, 3.05) is 11.9 Å². The maximum atomic E-state index is 12.8. The minimum Gasteiger partial charge on any atom is -0.320 e. The molecule has 6 heteroatoms. The number of fused-ring (bicyclic) bond motifs is 1. The van der Waals surface area contributed by atoms with Crippen LogP contribution in [0.2, 0.25) is 0 Å². The summed E-state index contributed by atoms with van der Waals surface area (Å²) in [5, 5.41) is 2.98. The molecule has 1 aliphatic heterocycles. The fourth-order valence-electron chi connectivity index (χ4n) is 3.80. The summed E-state index contributed by atoms with van der Waals surface area (Å²) in [6, 6.07) is 13.7.